The van der Waals surface area contributed by atoms with E-state index >= 15 is 0 Å². The molecule has 82 valence electrons. The molecule has 0 radical (unpaired) electrons. The van der Waals surface area contributed by atoms with Crippen LogP contribution in [0, 0.1) is 0 Å². The average Bonchev–Trinajstić information content (AvgIpc) is 2.46. The summed E-state index contributed by atoms with van der Waals surface area (Å²) in [6, 6.07) is 0. The molecular formula is C10H20N2O2. The Bertz CT molecular complexity index is 166. The second kappa shape index (κ2) is 6.79. The topological polar surface area (TPSA) is 41.6 Å². The molecule has 1 heterocycles. The quantitative estimate of drug-likeness (QED) is 0.661. The van der Waals surface area contributed by atoms with E-state index in [9.17, 15) is 4.79 Å². The molecule has 4 nitrogen and oxygen atoms in total. The van der Waals surface area contributed by atoms with E-state index in [0.29, 0.717) is 13.0 Å². The number of ether oxygens (including phenoxy) is 1. The predicted molar refractivity (Wildman–Crippen MR) is 55.2 cm³/mol. The molecule has 0 unspecified atom stereocenters. The molecular weight excluding hydrogens is 180 g/mol. The second-order valence-electron chi connectivity index (χ2n) is 3.45. The van der Waals surface area contributed by atoms with Crippen LogP contribution in [0.5, 0.6) is 0 Å². The molecule has 0 aromatic carbocycles. The molecule has 14 heavy (non-hydrogen) atoms. The first-order valence-electron chi connectivity index (χ1n) is 5.41. The van der Waals surface area contributed by atoms with Crippen molar-refractivity contribution in [1.29, 1.82) is 0 Å². The van der Waals surface area contributed by atoms with Gasteiger partial charge in [0.25, 0.3) is 0 Å². The molecule has 0 aromatic heterocycles. The fourth-order valence-corrected chi connectivity index (χ4v) is 1.53. The fraction of sp³-hybridized carbons (Fsp3) is 0.900. The predicted octanol–water partition coefficient (Wildman–Crippen LogP) is 0.235. The summed E-state index contributed by atoms with van der Waals surface area (Å²) < 4.78 is 5.29. The molecule has 0 aliphatic carbocycles. The fourth-order valence-electron chi connectivity index (χ4n) is 1.53. The largest absolute Gasteiger partial charge is 0.380 e. The molecule has 1 rings (SSSR count). The van der Waals surface area contributed by atoms with Crippen molar-refractivity contribution in [2.24, 2.45) is 0 Å². The number of carbonyl (C=O) groups excluding carboxylic acids is 1. The van der Waals surface area contributed by atoms with E-state index in [1.54, 1.807) is 0 Å². The SMILES string of the molecule is CCNCCC(=O)N1CCCOCC1. The number of hydrogen-bond acceptors (Lipinski definition) is 3. The van der Waals surface area contributed by atoms with Gasteiger partial charge in [0.15, 0.2) is 0 Å². The maximum absolute atomic E-state index is 11.7. The van der Waals surface area contributed by atoms with Crippen LogP contribution in [-0.2, 0) is 9.53 Å². The van der Waals surface area contributed by atoms with Gasteiger partial charge in [-0.3, -0.25) is 4.79 Å². The number of rotatable bonds is 4. The summed E-state index contributed by atoms with van der Waals surface area (Å²) in [5, 5.41) is 3.16. The zero-order chi connectivity index (χ0) is 10.2. The Morgan fingerprint density at radius 3 is 3.07 bits per heavy atom. The maximum Gasteiger partial charge on any atom is 0.223 e. The van der Waals surface area contributed by atoms with E-state index in [0.717, 1.165) is 39.2 Å². The first kappa shape index (κ1) is 11.5. The second-order valence-corrected chi connectivity index (χ2v) is 3.45. The van der Waals surface area contributed by atoms with Crippen LogP contribution in [0.15, 0.2) is 0 Å². The summed E-state index contributed by atoms with van der Waals surface area (Å²) in [7, 11) is 0. The normalized spacial score (nSPS) is 17.9. The first-order valence-corrected chi connectivity index (χ1v) is 5.41. The van der Waals surface area contributed by atoms with Gasteiger partial charge in [-0.05, 0) is 13.0 Å². The van der Waals surface area contributed by atoms with Crippen molar-refractivity contribution in [3.63, 3.8) is 0 Å². The zero-order valence-electron chi connectivity index (χ0n) is 8.92. The monoisotopic (exact) mass is 200 g/mol. The molecule has 1 saturated heterocycles. The van der Waals surface area contributed by atoms with Crippen molar-refractivity contribution < 1.29 is 9.53 Å². The zero-order valence-corrected chi connectivity index (χ0v) is 8.92. The molecule has 0 bridgehead atoms. The van der Waals surface area contributed by atoms with Gasteiger partial charge < -0.3 is 15.0 Å². The summed E-state index contributed by atoms with van der Waals surface area (Å²) in [4.78, 5) is 13.6. The van der Waals surface area contributed by atoms with E-state index in [1.165, 1.54) is 0 Å². The van der Waals surface area contributed by atoms with Gasteiger partial charge in [0.05, 0.1) is 6.61 Å². The lowest BCUT2D eigenvalue weighted by atomic mass is 10.3. The van der Waals surface area contributed by atoms with Gasteiger partial charge in [0.2, 0.25) is 5.91 Å². The Labute approximate surface area is 85.6 Å². The van der Waals surface area contributed by atoms with Crippen LogP contribution in [0.4, 0.5) is 0 Å². The van der Waals surface area contributed by atoms with Gasteiger partial charge in [-0.25, -0.2) is 0 Å². The number of hydrogen-bond donors (Lipinski definition) is 1. The van der Waals surface area contributed by atoms with Gasteiger partial charge in [0.1, 0.15) is 0 Å². The molecule has 1 aliphatic heterocycles. The van der Waals surface area contributed by atoms with Crippen LogP contribution in [0.3, 0.4) is 0 Å². The van der Waals surface area contributed by atoms with Crippen molar-refractivity contribution in [3.05, 3.63) is 0 Å². The standard InChI is InChI=1S/C10H20N2O2/c1-2-11-5-4-10(13)12-6-3-8-14-9-7-12/h11H,2-9H2,1H3. The highest BCUT2D eigenvalue weighted by atomic mass is 16.5. The smallest absolute Gasteiger partial charge is 0.223 e. The molecule has 1 N–H and O–H groups in total. The van der Waals surface area contributed by atoms with Crippen molar-refractivity contribution in [2.45, 2.75) is 19.8 Å². The number of nitrogens with one attached hydrogen (secondary N) is 1. The Balaban J connectivity index is 2.20. The van der Waals surface area contributed by atoms with Gasteiger partial charge >= 0.3 is 0 Å². The first-order chi connectivity index (χ1) is 6.84. The van der Waals surface area contributed by atoms with Crippen LogP contribution in [0.1, 0.15) is 19.8 Å². The molecule has 0 atom stereocenters. The molecule has 0 saturated carbocycles. The van der Waals surface area contributed by atoms with Gasteiger partial charge in [-0.2, -0.15) is 0 Å². The van der Waals surface area contributed by atoms with E-state index < -0.39 is 0 Å². The third kappa shape index (κ3) is 4.07. The van der Waals surface area contributed by atoms with Gasteiger partial charge in [-0.15, -0.1) is 0 Å². The minimum absolute atomic E-state index is 0.247. The van der Waals surface area contributed by atoms with Crippen molar-refractivity contribution in [3.8, 4) is 0 Å². The minimum Gasteiger partial charge on any atom is -0.380 e. The highest BCUT2D eigenvalue weighted by molar-refractivity contribution is 5.76. The molecule has 0 aromatic rings. The Morgan fingerprint density at radius 1 is 1.43 bits per heavy atom. The lowest BCUT2D eigenvalue weighted by molar-refractivity contribution is -0.131. The van der Waals surface area contributed by atoms with Gasteiger partial charge in [-0.1, -0.05) is 6.92 Å². The van der Waals surface area contributed by atoms with Crippen LogP contribution >= 0.6 is 0 Å². The van der Waals surface area contributed by atoms with E-state index in [4.69, 9.17) is 4.74 Å². The summed E-state index contributed by atoms with van der Waals surface area (Å²) in [6.45, 7) is 6.84. The minimum atomic E-state index is 0.247. The van der Waals surface area contributed by atoms with Crippen LogP contribution in [0.25, 0.3) is 0 Å². The maximum atomic E-state index is 11.7. The summed E-state index contributed by atoms with van der Waals surface area (Å²) in [5.41, 5.74) is 0. The molecule has 1 fully saturated rings. The highest BCUT2D eigenvalue weighted by Crippen LogP contribution is 2.01. The van der Waals surface area contributed by atoms with E-state index in [2.05, 4.69) is 5.32 Å². The summed E-state index contributed by atoms with van der Waals surface area (Å²) in [6.07, 6.45) is 1.57. The lowest BCUT2D eigenvalue weighted by Gasteiger charge is -2.19. The molecule has 4 heteroatoms. The van der Waals surface area contributed by atoms with Crippen LogP contribution in [0.2, 0.25) is 0 Å². The Kier molecular flexibility index (Phi) is 5.56. The van der Waals surface area contributed by atoms with E-state index in [-0.39, 0.29) is 5.91 Å². The van der Waals surface area contributed by atoms with Crippen LogP contribution in [-0.4, -0.2) is 50.2 Å². The van der Waals surface area contributed by atoms with E-state index in [1.807, 2.05) is 11.8 Å². The number of nitrogens with zero attached hydrogens (tertiary/aromatic N) is 1. The average molecular weight is 200 g/mol. The van der Waals surface area contributed by atoms with Crippen LogP contribution < -0.4 is 5.32 Å². The highest BCUT2D eigenvalue weighted by Gasteiger charge is 2.14. The molecule has 0 spiro atoms. The summed E-state index contributed by atoms with van der Waals surface area (Å²) >= 11 is 0. The molecule has 1 amide bonds. The van der Waals surface area contributed by atoms with Crippen molar-refractivity contribution in [1.82, 2.24) is 10.2 Å². The Morgan fingerprint density at radius 2 is 2.29 bits per heavy atom. The Hall–Kier alpha value is -0.610. The third-order valence-corrected chi connectivity index (χ3v) is 2.34. The number of amides is 1. The third-order valence-electron chi connectivity index (χ3n) is 2.34. The summed E-state index contributed by atoms with van der Waals surface area (Å²) in [5.74, 6) is 0.247. The lowest BCUT2D eigenvalue weighted by Crippen LogP contribution is -2.35. The van der Waals surface area contributed by atoms with Crippen molar-refractivity contribution in [2.75, 3.05) is 39.4 Å². The van der Waals surface area contributed by atoms with Gasteiger partial charge in [0, 0.05) is 32.7 Å². The van der Waals surface area contributed by atoms with Crippen molar-refractivity contribution >= 4 is 5.91 Å². The number of carbonyl (C=O) groups is 1. The molecule has 1 aliphatic rings.